The fraction of sp³-hybridized carbons (Fsp3) is 0.133. The summed E-state index contributed by atoms with van der Waals surface area (Å²) in [5, 5.41) is 3.24. The maximum atomic E-state index is 11.8. The van der Waals surface area contributed by atoms with Crippen molar-refractivity contribution in [1.29, 1.82) is 0 Å². The van der Waals surface area contributed by atoms with Gasteiger partial charge in [-0.05, 0) is 12.1 Å². The fourth-order valence-electron chi connectivity index (χ4n) is 1.64. The van der Waals surface area contributed by atoms with Gasteiger partial charge in [0.2, 0.25) is 0 Å². The van der Waals surface area contributed by atoms with Crippen molar-refractivity contribution in [2.75, 3.05) is 19.5 Å². The lowest BCUT2D eigenvalue weighted by Crippen LogP contribution is -2.09. The number of thioether (sulfide) groups is 2. The van der Waals surface area contributed by atoms with E-state index in [2.05, 4.69) is 5.32 Å². The van der Waals surface area contributed by atoms with Crippen molar-refractivity contribution in [3.63, 3.8) is 0 Å². The fourth-order valence-corrected chi connectivity index (χ4v) is 4.63. The molecule has 1 aliphatic heterocycles. The minimum absolute atomic E-state index is 0.130. The predicted octanol–water partition coefficient (Wildman–Crippen LogP) is 3.87. The largest absolute Gasteiger partial charge is 0.465 e. The topological polar surface area (TPSA) is 64.6 Å². The summed E-state index contributed by atoms with van der Waals surface area (Å²) in [6, 6.07) is 9.28. The molecule has 126 valence electrons. The number of carbonyl (C=O) groups excluding carboxylic acids is 2. The number of methoxy groups -OCH3 is 2. The van der Waals surface area contributed by atoms with Gasteiger partial charge in [0, 0.05) is 5.69 Å². The summed E-state index contributed by atoms with van der Waals surface area (Å²) < 4.78 is 9.89. The van der Waals surface area contributed by atoms with Gasteiger partial charge in [-0.15, -0.1) is 0 Å². The molecule has 0 fully saturated rings. The lowest BCUT2D eigenvalue weighted by atomic mass is 10.3. The molecule has 2 rings (SSSR count). The van der Waals surface area contributed by atoms with Gasteiger partial charge in [-0.3, -0.25) is 0 Å². The minimum Gasteiger partial charge on any atom is -0.465 e. The first-order valence-electron chi connectivity index (χ1n) is 6.50. The lowest BCUT2D eigenvalue weighted by Gasteiger charge is -2.08. The SMILES string of the molecule is COC(=O)C1=C(C(=O)OC)SC(=C(Cl)C(=S)Nc2ccccc2)S1. The maximum absolute atomic E-state index is 11.8. The van der Waals surface area contributed by atoms with E-state index in [1.54, 1.807) is 0 Å². The number of ether oxygens (including phenoxy) is 2. The molecule has 0 aliphatic carbocycles. The molecule has 0 aromatic heterocycles. The first-order chi connectivity index (χ1) is 11.5. The normalized spacial score (nSPS) is 13.5. The molecular weight excluding hydrogens is 390 g/mol. The molecule has 0 saturated carbocycles. The van der Waals surface area contributed by atoms with Gasteiger partial charge in [0.1, 0.15) is 14.8 Å². The molecule has 1 aliphatic rings. The van der Waals surface area contributed by atoms with E-state index in [0.29, 0.717) is 4.24 Å². The number of rotatable bonds is 4. The van der Waals surface area contributed by atoms with Crippen LogP contribution in [0, 0.1) is 0 Å². The van der Waals surface area contributed by atoms with Crippen LogP contribution in [0.5, 0.6) is 0 Å². The Labute approximate surface area is 157 Å². The van der Waals surface area contributed by atoms with E-state index >= 15 is 0 Å². The van der Waals surface area contributed by atoms with Crippen molar-refractivity contribution in [2.24, 2.45) is 0 Å². The average Bonchev–Trinajstić information content (AvgIpc) is 3.05. The van der Waals surface area contributed by atoms with E-state index in [9.17, 15) is 9.59 Å². The highest BCUT2D eigenvalue weighted by Gasteiger charge is 2.34. The number of anilines is 1. The Bertz CT molecular complexity index is 716. The van der Waals surface area contributed by atoms with Gasteiger partial charge in [0.25, 0.3) is 0 Å². The highest BCUT2D eigenvalue weighted by atomic mass is 35.5. The molecule has 1 aromatic rings. The molecule has 0 bridgehead atoms. The molecule has 0 spiro atoms. The molecule has 1 heterocycles. The van der Waals surface area contributed by atoms with E-state index in [0.717, 1.165) is 29.2 Å². The summed E-state index contributed by atoms with van der Waals surface area (Å²) in [6.45, 7) is 0. The molecule has 1 aromatic carbocycles. The molecular formula is C15H12ClNO4S3. The zero-order chi connectivity index (χ0) is 17.7. The van der Waals surface area contributed by atoms with Crippen molar-refractivity contribution in [2.45, 2.75) is 0 Å². The number of hydrogen-bond donors (Lipinski definition) is 1. The number of thiocarbonyl (C=S) groups is 1. The van der Waals surface area contributed by atoms with E-state index in [1.165, 1.54) is 14.2 Å². The lowest BCUT2D eigenvalue weighted by molar-refractivity contribution is -0.138. The predicted molar refractivity (Wildman–Crippen MR) is 102 cm³/mol. The number of esters is 2. The molecule has 9 heteroatoms. The Morgan fingerprint density at radius 2 is 1.54 bits per heavy atom. The van der Waals surface area contributed by atoms with Gasteiger partial charge in [0.15, 0.2) is 0 Å². The second kappa shape index (κ2) is 8.57. The smallest absolute Gasteiger partial charge is 0.346 e. The Balaban J connectivity index is 2.23. The van der Waals surface area contributed by atoms with Gasteiger partial charge < -0.3 is 14.8 Å². The first-order valence-corrected chi connectivity index (χ1v) is 8.92. The van der Waals surface area contributed by atoms with Crippen LogP contribution in [-0.2, 0) is 19.1 Å². The zero-order valence-corrected chi connectivity index (χ0v) is 15.8. The molecule has 24 heavy (non-hydrogen) atoms. The summed E-state index contributed by atoms with van der Waals surface area (Å²) >= 11 is 13.7. The number of halogens is 1. The standard InChI is InChI=1S/C15H12ClNO4S3/c1-20-13(18)10-11(14(19)21-2)24-15(23-10)9(16)12(22)17-8-6-4-3-5-7-8/h3-7H,1-2H3,(H,17,22). The van der Waals surface area contributed by atoms with Gasteiger partial charge in [-0.1, -0.05) is 65.5 Å². The second-order valence-corrected chi connectivity index (χ2v) is 7.35. The number of benzene rings is 1. The van der Waals surface area contributed by atoms with Gasteiger partial charge >= 0.3 is 11.9 Å². The van der Waals surface area contributed by atoms with Crippen LogP contribution < -0.4 is 5.32 Å². The molecule has 0 radical (unpaired) electrons. The maximum Gasteiger partial charge on any atom is 0.346 e. The molecule has 0 unspecified atom stereocenters. The summed E-state index contributed by atoms with van der Waals surface area (Å²) in [5.41, 5.74) is 0.781. The number of hydrogen-bond acceptors (Lipinski definition) is 7. The highest BCUT2D eigenvalue weighted by Crippen LogP contribution is 2.52. The van der Waals surface area contributed by atoms with E-state index < -0.39 is 11.9 Å². The molecule has 0 atom stereocenters. The third-order valence-electron chi connectivity index (χ3n) is 2.75. The summed E-state index contributed by atoms with van der Waals surface area (Å²) in [4.78, 5) is 24.2. The Hall–Kier alpha value is -1.48. The Morgan fingerprint density at radius 3 is 2.00 bits per heavy atom. The number of nitrogens with one attached hydrogen (secondary N) is 1. The zero-order valence-electron chi connectivity index (χ0n) is 12.6. The van der Waals surface area contributed by atoms with Crippen LogP contribution in [0.3, 0.4) is 0 Å². The molecule has 0 saturated heterocycles. The van der Waals surface area contributed by atoms with Crippen LogP contribution >= 0.6 is 47.3 Å². The quantitative estimate of drug-likeness (QED) is 0.463. The van der Waals surface area contributed by atoms with Crippen molar-refractivity contribution < 1.29 is 19.1 Å². The van der Waals surface area contributed by atoms with Crippen LogP contribution in [0.1, 0.15) is 0 Å². The molecule has 1 N–H and O–H groups in total. The molecule has 0 amide bonds. The summed E-state index contributed by atoms with van der Waals surface area (Å²) in [6.07, 6.45) is 0. The third-order valence-corrected chi connectivity index (χ3v) is 6.33. The van der Waals surface area contributed by atoms with Crippen molar-refractivity contribution in [3.8, 4) is 0 Å². The van der Waals surface area contributed by atoms with Crippen molar-refractivity contribution in [3.05, 3.63) is 49.4 Å². The van der Waals surface area contributed by atoms with E-state index in [1.807, 2.05) is 30.3 Å². The van der Waals surface area contributed by atoms with Gasteiger partial charge in [0.05, 0.1) is 23.5 Å². The van der Waals surface area contributed by atoms with E-state index in [4.69, 9.17) is 33.3 Å². The Morgan fingerprint density at radius 1 is 1.04 bits per heavy atom. The van der Waals surface area contributed by atoms with Gasteiger partial charge in [-0.2, -0.15) is 0 Å². The third kappa shape index (κ3) is 4.32. The Kier molecular flexibility index (Phi) is 6.73. The second-order valence-electron chi connectivity index (χ2n) is 4.27. The summed E-state index contributed by atoms with van der Waals surface area (Å²) in [5.74, 6) is -1.26. The van der Waals surface area contributed by atoms with Crippen LogP contribution in [0.25, 0.3) is 0 Å². The molecule has 5 nitrogen and oxygen atoms in total. The number of para-hydroxylation sites is 1. The van der Waals surface area contributed by atoms with Crippen molar-refractivity contribution >= 4 is 70.0 Å². The number of carbonyl (C=O) groups is 2. The van der Waals surface area contributed by atoms with Crippen LogP contribution in [0.4, 0.5) is 5.69 Å². The highest BCUT2D eigenvalue weighted by molar-refractivity contribution is 8.29. The average molecular weight is 402 g/mol. The first kappa shape index (κ1) is 18.9. The monoisotopic (exact) mass is 401 g/mol. The minimum atomic E-state index is -0.630. The van der Waals surface area contributed by atoms with Crippen LogP contribution in [0.2, 0.25) is 0 Å². The van der Waals surface area contributed by atoms with Crippen LogP contribution in [-0.4, -0.2) is 31.1 Å². The van der Waals surface area contributed by atoms with E-state index in [-0.39, 0.29) is 19.8 Å². The summed E-state index contributed by atoms with van der Waals surface area (Å²) in [7, 11) is 2.47. The van der Waals surface area contributed by atoms with Crippen LogP contribution in [0.15, 0.2) is 49.4 Å². The van der Waals surface area contributed by atoms with Crippen molar-refractivity contribution in [1.82, 2.24) is 0 Å². The van der Waals surface area contributed by atoms with Gasteiger partial charge in [-0.25, -0.2) is 9.59 Å².